The van der Waals surface area contributed by atoms with Gasteiger partial charge in [0.05, 0.1) is 33.9 Å². The minimum absolute atomic E-state index is 0.0491. The number of amides is 2. The molecule has 1 fully saturated rings. The molecule has 2 amide bonds. The molecule has 36 heavy (non-hydrogen) atoms. The van der Waals surface area contributed by atoms with Gasteiger partial charge in [0.25, 0.3) is 0 Å². The van der Waals surface area contributed by atoms with Gasteiger partial charge in [-0.25, -0.2) is 14.2 Å². The second kappa shape index (κ2) is 8.93. The molecule has 4 rings (SSSR count). The molecular weight excluding hydrogens is 604 g/mol. The molecule has 4 heterocycles. The number of thiophene rings is 1. The molecular formula is C23H17FIN5O5S. The Balaban J connectivity index is 1.80. The summed E-state index contributed by atoms with van der Waals surface area (Å²) in [5.74, 6) is -3.82. The summed E-state index contributed by atoms with van der Waals surface area (Å²) < 4.78 is 12.6. The summed E-state index contributed by atoms with van der Waals surface area (Å²) in [4.78, 5) is 59.1. The zero-order valence-electron chi connectivity index (χ0n) is 19.1. The van der Waals surface area contributed by atoms with Gasteiger partial charge >= 0.3 is 9.77 Å². The Morgan fingerprint density at radius 2 is 2.14 bits per heavy atom. The maximum absolute atomic E-state index is 14.9. The first-order valence-electron chi connectivity index (χ1n) is 10.5. The number of nitrogens with zero attached hydrogens (tertiary/aromatic N) is 5. The van der Waals surface area contributed by atoms with E-state index in [1.807, 2.05) is 6.07 Å². The molecule has 0 bridgehead atoms. The van der Waals surface area contributed by atoms with Gasteiger partial charge in [-0.15, -0.1) is 16.2 Å². The van der Waals surface area contributed by atoms with Crippen molar-refractivity contribution >= 4 is 61.9 Å². The fraction of sp³-hybridized carbons (Fsp3) is 0.304. The number of nitroso groups, excluding NO2 is 1. The van der Waals surface area contributed by atoms with Crippen LogP contribution in [0.25, 0.3) is 21.5 Å². The molecule has 1 aliphatic heterocycles. The van der Waals surface area contributed by atoms with Crippen LogP contribution in [0.15, 0.2) is 29.6 Å². The van der Waals surface area contributed by atoms with Gasteiger partial charge in [0.15, 0.2) is 0 Å². The molecule has 1 N–H and O–H groups in total. The topological polar surface area (TPSA) is 154 Å². The van der Waals surface area contributed by atoms with E-state index in [1.54, 1.807) is 19.1 Å². The lowest BCUT2D eigenvalue weighted by Gasteiger charge is -2.30. The van der Waals surface area contributed by atoms with E-state index in [-0.39, 0.29) is 23.5 Å². The second-order valence-electron chi connectivity index (χ2n) is 8.54. The number of rotatable bonds is 6. The van der Waals surface area contributed by atoms with Gasteiger partial charge < -0.3 is 5.11 Å². The maximum Gasteiger partial charge on any atom is 0.338 e. The number of imide groups is 1. The van der Waals surface area contributed by atoms with Gasteiger partial charge in [0.1, 0.15) is 17.2 Å². The van der Waals surface area contributed by atoms with Gasteiger partial charge in [-0.05, 0) is 65.4 Å². The third-order valence-electron chi connectivity index (χ3n) is 6.51. The molecule has 13 heteroatoms. The fourth-order valence-corrected chi connectivity index (χ4v) is 6.10. The summed E-state index contributed by atoms with van der Waals surface area (Å²) in [5.41, 5.74) is -0.637. The monoisotopic (exact) mass is 621 g/mol. The molecule has 0 radical (unpaired) electrons. The smallest absolute Gasteiger partial charge is 0.338 e. The zero-order chi connectivity index (χ0) is 26.6. The first kappa shape index (κ1) is 25.7. The minimum Gasteiger partial charge on any atom is -0.478 e. The Morgan fingerprint density at radius 3 is 2.75 bits per heavy atom. The van der Waals surface area contributed by atoms with Crippen LogP contribution < -0.4 is 0 Å². The van der Waals surface area contributed by atoms with E-state index in [2.05, 4.69) is 15.1 Å². The third-order valence-corrected chi connectivity index (χ3v) is 8.97. The second-order valence-corrected chi connectivity index (χ2v) is 11.1. The van der Waals surface area contributed by atoms with Crippen molar-refractivity contribution in [1.29, 1.82) is 5.26 Å². The molecule has 0 spiro atoms. The van der Waals surface area contributed by atoms with Gasteiger partial charge in [-0.3, -0.25) is 19.5 Å². The van der Waals surface area contributed by atoms with Crippen LogP contribution in [0.5, 0.6) is 0 Å². The Hall–Kier alpha value is -3.38. The van der Waals surface area contributed by atoms with Crippen molar-refractivity contribution in [2.45, 2.75) is 31.1 Å². The number of hydrogen-bond donors (Lipinski definition) is 1. The Labute approximate surface area is 221 Å². The average molecular weight is 621 g/mol. The lowest BCUT2D eigenvalue weighted by atomic mass is 9.79. The Bertz CT molecular complexity index is 1520. The molecule has 1 saturated heterocycles. The van der Waals surface area contributed by atoms with Crippen molar-refractivity contribution in [2.24, 2.45) is 16.5 Å². The van der Waals surface area contributed by atoms with E-state index in [4.69, 9.17) is 0 Å². The number of aryl methyl sites for hydroxylation is 1. The van der Waals surface area contributed by atoms with Gasteiger partial charge in [0.2, 0.25) is 11.8 Å². The SMILES string of the molecule is Cc1cc(C#N)nc(-c2ccnc3cc(CN4C(=O)C(C)C(C)(C(F)(I)N=O)C4=O)sc23)c1C(=O)O. The molecule has 3 aromatic rings. The molecule has 0 saturated carbocycles. The van der Waals surface area contributed by atoms with E-state index < -0.39 is 32.9 Å². The minimum atomic E-state index is -2.82. The number of carbonyl (C=O) groups is 3. The summed E-state index contributed by atoms with van der Waals surface area (Å²) in [6, 6.07) is 6.53. The molecule has 3 unspecified atom stereocenters. The van der Waals surface area contributed by atoms with E-state index in [1.165, 1.54) is 26.1 Å². The van der Waals surface area contributed by atoms with Crippen molar-refractivity contribution < 1.29 is 23.9 Å². The van der Waals surface area contributed by atoms with Crippen molar-refractivity contribution in [3.63, 3.8) is 0 Å². The molecule has 184 valence electrons. The summed E-state index contributed by atoms with van der Waals surface area (Å²) in [6.45, 7) is 3.97. The normalized spacial score (nSPS) is 21.4. The molecule has 10 nitrogen and oxygen atoms in total. The first-order chi connectivity index (χ1) is 16.9. The van der Waals surface area contributed by atoms with Gasteiger partial charge in [0, 0.05) is 16.6 Å². The van der Waals surface area contributed by atoms with Crippen molar-refractivity contribution in [3.05, 3.63) is 51.0 Å². The highest BCUT2D eigenvalue weighted by atomic mass is 127. The highest BCUT2D eigenvalue weighted by Gasteiger charge is 2.66. The number of alkyl halides is 2. The molecule has 1 aliphatic rings. The van der Waals surface area contributed by atoms with Crippen LogP contribution in [0, 0.1) is 34.5 Å². The number of halogens is 2. The standard InChI is InChI=1S/C23H17FIN5O5S/c1-10-6-12(8-26)28-17(16(10)20(32)33)14-4-5-27-15-7-13(36-18(14)15)9-30-19(31)11(2)22(3,21(30)34)23(24,25)29-35/h4-7,11H,9H2,1-3H3,(H,32,33). The van der Waals surface area contributed by atoms with Crippen molar-refractivity contribution in [1.82, 2.24) is 14.9 Å². The summed E-state index contributed by atoms with van der Waals surface area (Å²) in [5, 5.41) is 21.6. The lowest BCUT2D eigenvalue weighted by molar-refractivity contribution is -0.143. The highest BCUT2D eigenvalue weighted by molar-refractivity contribution is 14.1. The van der Waals surface area contributed by atoms with Crippen LogP contribution >= 0.6 is 33.9 Å². The number of fused-ring (bicyclic) bond motifs is 1. The summed E-state index contributed by atoms with van der Waals surface area (Å²) in [7, 11) is 0. The number of hydrogen-bond acceptors (Lipinski definition) is 9. The number of carboxylic acids is 1. The molecule has 3 atom stereocenters. The number of aromatic carboxylic acids is 1. The number of aromatic nitrogens is 2. The number of carboxylic acid groups (broad SMARTS) is 1. The molecule has 0 aromatic carbocycles. The predicted molar refractivity (Wildman–Crippen MR) is 136 cm³/mol. The van der Waals surface area contributed by atoms with Gasteiger partial charge in [-0.1, -0.05) is 6.92 Å². The first-order valence-corrected chi connectivity index (χ1v) is 12.4. The average Bonchev–Trinajstić information content (AvgIpc) is 3.33. The number of likely N-dealkylation sites (tertiary alicyclic amines) is 1. The van der Waals surface area contributed by atoms with Crippen LogP contribution in [0.4, 0.5) is 4.39 Å². The van der Waals surface area contributed by atoms with Crippen LogP contribution in [-0.2, 0) is 16.1 Å². The zero-order valence-corrected chi connectivity index (χ0v) is 22.0. The van der Waals surface area contributed by atoms with Crippen LogP contribution in [0.3, 0.4) is 0 Å². The highest BCUT2D eigenvalue weighted by Crippen LogP contribution is 2.52. The van der Waals surface area contributed by atoms with E-state index in [0.717, 1.165) is 38.8 Å². The van der Waals surface area contributed by atoms with Crippen LogP contribution in [0.2, 0.25) is 0 Å². The van der Waals surface area contributed by atoms with Crippen molar-refractivity contribution in [3.8, 4) is 17.3 Å². The van der Waals surface area contributed by atoms with Crippen molar-refractivity contribution in [2.75, 3.05) is 0 Å². The van der Waals surface area contributed by atoms with Crippen LogP contribution in [0.1, 0.15) is 40.3 Å². The lowest BCUT2D eigenvalue weighted by Crippen LogP contribution is -2.45. The fourth-order valence-electron chi connectivity index (χ4n) is 4.28. The Kier molecular flexibility index (Phi) is 6.38. The predicted octanol–water partition coefficient (Wildman–Crippen LogP) is 4.57. The van der Waals surface area contributed by atoms with E-state index in [9.17, 15) is 34.0 Å². The largest absolute Gasteiger partial charge is 0.478 e. The Morgan fingerprint density at radius 1 is 1.44 bits per heavy atom. The van der Waals surface area contributed by atoms with Gasteiger partial charge in [-0.2, -0.15) is 5.26 Å². The van der Waals surface area contributed by atoms with Crippen LogP contribution in [-0.4, -0.2) is 41.6 Å². The quantitative estimate of drug-likeness (QED) is 0.138. The summed E-state index contributed by atoms with van der Waals surface area (Å²) in [6.07, 6.45) is 1.46. The van der Waals surface area contributed by atoms with E-state index >= 15 is 0 Å². The maximum atomic E-state index is 14.9. The molecule has 0 aliphatic carbocycles. The summed E-state index contributed by atoms with van der Waals surface area (Å²) >= 11 is 2.31. The molecule has 3 aromatic heterocycles. The van der Waals surface area contributed by atoms with E-state index in [0.29, 0.717) is 26.2 Å². The number of pyridine rings is 2. The number of carbonyl (C=O) groups excluding carboxylic acids is 2. The number of nitriles is 1. The third kappa shape index (κ3) is 3.75.